The summed E-state index contributed by atoms with van der Waals surface area (Å²) in [5.41, 5.74) is 9.67. The standard InChI is InChI=1S/C16H14N4O2/c1-20-14-9-4-3-8-13(14)16(15(20)21,18-19-17)11-6-5-7-12(10-11)22-2/h3-10H,1-2H3. The number of methoxy groups -OCH3 is 1. The summed E-state index contributed by atoms with van der Waals surface area (Å²) in [7, 11) is 3.23. The number of ether oxygens (including phenoxy) is 1. The fourth-order valence-corrected chi connectivity index (χ4v) is 2.89. The lowest BCUT2D eigenvalue weighted by atomic mass is 9.84. The lowest BCUT2D eigenvalue weighted by molar-refractivity contribution is -0.121. The summed E-state index contributed by atoms with van der Waals surface area (Å²) in [5, 5.41) is 3.91. The first kappa shape index (κ1) is 14.0. The molecule has 3 rings (SSSR count). The zero-order valence-corrected chi connectivity index (χ0v) is 12.2. The molecule has 0 N–H and O–H groups in total. The Morgan fingerprint density at radius 1 is 1.23 bits per heavy atom. The predicted octanol–water partition coefficient (Wildman–Crippen LogP) is 3.23. The van der Waals surface area contributed by atoms with Gasteiger partial charge in [0.25, 0.3) is 0 Å². The van der Waals surface area contributed by atoms with Crippen LogP contribution in [-0.2, 0) is 10.3 Å². The molecule has 1 atom stereocenters. The first-order chi connectivity index (χ1) is 10.6. The van der Waals surface area contributed by atoms with Crippen LogP contribution in [0.1, 0.15) is 11.1 Å². The first-order valence-corrected chi connectivity index (χ1v) is 6.73. The molecule has 6 nitrogen and oxygen atoms in total. The fraction of sp³-hybridized carbons (Fsp3) is 0.188. The zero-order valence-electron chi connectivity index (χ0n) is 12.2. The van der Waals surface area contributed by atoms with Crippen molar-refractivity contribution in [1.29, 1.82) is 0 Å². The second-order valence-corrected chi connectivity index (χ2v) is 5.01. The third kappa shape index (κ3) is 1.75. The lowest BCUT2D eigenvalue weighted by Gasteiger charge is -2.23. The van der Waals surface area contributed by atoms with Crippen molar-refractivity contribution in [2.75, 3.05) is 19.1 Å². The van der Waals surface area contributed by atoms with Crippen molar-refractivity contribution in [2.45, 2.75) is 5.54 Å². The van der Waals surface area contributed by atoms with Crippen molar-refractivity contribution in [3.05, 3.63) is 70.1 Å². The Morgan fingerprint density at radius 3 is 2.73 bits per heavy atom. The molecule has 1 aliphatic heterocycles. The highest BCUT2D eigenvalue weighted by Gasteiger charge is 2.50. The summed E-state index contributed by atoms with van der Waals surface area (Å²) < 4.78 is 5.23. The van der Waals surface area contributed by atoms with Crippen molar-refractivity contribution < 1.29 is 9.53 Å². The smallest absolute Gasteiger partial charge is 0.247 e. The van der Waals surface area contributed by atoms with Crippen LogP contribution in [-0.4, -0.2) is 20.1 Å². The number of fused-ring (bicyclic) bond motifs is 1. The zero-order chi connectivity index (χ0) is 15.7. The van der Waals surface area contributed by atoms with Crippen molar-refractivity contribution in [3.8, 4) is 5.75 Å². The molecule has 0 saturated heterocycles. The van der Waals surface area contributed by atoms with Crippen LogP contribution >= 0.6 is 0 Å². The molecule has 0 saturated carbocycles. The second-order valence-electron chi connectivity index (χ2n) is 5.01. The summed E-state index contributed by atoms with van der Waals surface area (Å²) in [4.78, 5) is 17.4. The Morgan fingerprint density at radius 2 is 2.00 bits per heavy atom. The molecule has 0 radical (unpaired) electrons. The topological polar surface area (TPSA) is 78.3 Å². The van der Waals surface area contributed by atoms with Crippen molar-refractivity contribution in [2.24, 2.45) is 5.11 Å². The second kappa shape index (κ2) is 5.09. The van der Waals surface area contributed by atoms with Crippen LogP contribution in [0.3, 0.4) is 0 Å². The van der Waals surface area contributed by atoms with Gasteiger partial charge in [0.05, 0.1) is 7.11 Å². The molecule has 110 valence electrons. The van der Waals surface area contributed by atoms with Crippen LogP contribution in [0.15, 0.2) is 53.6 Å². The normalized spacial score (nSPS) is 19.5. The van der Waals surface area contributed by atoms with Gasteiger partial charge in [-0.2, -0.15) is 0 Å². The molecule has 1 aliphatic rings. The first-order valence-electron chi connectivity index (χ1n) is 6.73. The average Bonchev–Trinajstić information content (AvgIpc) is 2.78. The Balaban J connectivity index is 2.34. The number of benzene rings is 2. The Labute approximate surface area is 127 Å². The van der Waals surface area contributed by atoms with Gasteiger partial charge in [-0.25, -0.2) is 0 Å². The van der Waals surface area contributed by atoms with E-state index in [2.05, 4.69) is 10.0 Å². The van der Waals surface area contributed by atoms with Crippen molar-refractivity contribution in [3.63, 3.8) is 0 Å². The molecular weight excluding hydrogens is 280 g/mol. The van der Waals surface area contributed by atoms with Gasteiger partial charge in [0.1, 0.15) is 5.75 Å². The molecule has 0 fully saturated rings. The van der Waals surface area contributed by atoms with E-state index < -0.39 is 5.54 Å². The van der Waals surface area contributed by atoms with Crippen molar-refractivity contribution in [1.82, 2.24) is 0 Å². The molecule has 0 spiro atoms. The minimum atomic E-state index is -1.39. The van der Waals surface area contributed by atoms with E-state index in [1.165, 1.54) is 4.90 Å². The van der Waals surface area contributed by atoms with Crippen LogP contribution < -0.4 is 9.64 Å². The van der Waals surface area contributed by atoms with Gasteiger partial charge in [-0.1, -0.05) is 35.4 Å². The minimum Gasteiger partial charge on any atom is -0.497 e. The molecule has 0 bridgehead atoms. The summed E-state index contributed by atoms with van der Waals surface area (Å²) in [6, 6.07) is 14.4. The summed E-state index contributed by atoms with van der Waals surface area (Å²) in [6.45, 7) is 0. The average molecular weight is 294 g/mol. The molecule has 1 amide bonds. The maximum Gasteiger partial charge on any atom is 0.247 e. The Hall–Kier alpha value is -2.98. The van der Waals surface area contributed by atoms with Crippen molar-refractivity contribution >= 4 is 11.6 Å². The van der Waals surface area contributed by atoms with E-state index in [4.69, 9.17) is 10.3 Å². The predicted molar refractivity (Wildman–Crippen MR) is 82.8 cm³/mol. The van der Waals surface area contributed by atoms with Crippen LogP contribution in [0.5, 0.6) is 5.75 Å². The van der Waals surface area contributed by atoms with E-state index in [1.54, 1.807) is 38.4 Å². The highest BCUT2D eigenvalue weighted by molar-refractivity contribution is 6.09. The number of rotatable bonds is 3. The van der Waals surface area contributed by atoms with Gasteiger partial charge in [0.15, 0.2) is 5.54 Å². The number of anilines is 1. The van der Waals surface area contributed by atoms with Gasteiger partial charge in [0.2, 0.25) is 5.91 Å². The molecule has 1 unspecified atom stereocenters. The number of likely N-dealkylation sites (N-methyl/N-ethyl adjacent to an activating group) is 1. The third-order valence-electron chi connectivity index (χ3n) is 3.95. The van der Waals surface area contributed by atoms with E-state index in [0.717, 1.165) is 5.69 Å². The molecule has 2 aromatic rings. The number of amides is 1. The summed E-state index contributed by atoms with van der Waals surface area (Å²) >= 11 is 0. The largest absolute Gasteiger partial charge is 0.497 e. The van der Waals surface area contributed by atoms with E-state index in [9.17, 15) is 4.79 Å². The van der Waals surface area contributed by atoms with E-state index in [0.29, 0.717) is 16.9 Å². The maximum atomic E-state index is 12.9. The van der Waals surface area contributed by atoms with Gasteiger partial charge in [-0.05, 0) is 29.3 Å². The number of nitrogens with zero attached hydrogens (tertiary/aromatic N) is 4. The maximum absolute atomic E-state index is 12.9. The lowest BCUT2D eigenvalue weighted by Crippen LogP contribution is -2.37. The summed E-state index contributed by atoms with van der Waals surface area (Å²) in [5.74, 6) is 0.324. The van der Waals surface area contributed by atoms with Crippen LogP contribution in [0.4, 0.5) is 5.69 Å². The van der Waals surface area contributed by atoms with Gasteiger partial charge < -0.3 is 9.64 Å². The van der Waals surface area contributed by atoms with Crippen LogP contribution in [0.2, 0.25) is 0 Å². The van der Waals surface area contributed by atoms with Crippen LogP contribution in [0, 0.1) is 0 Å². The Bertz CT molecular complexity index is 798. The molecule has 1 heterocycles. The minimum absolute atomic E-state index is 0.278. The van der Waals surface area contributed by atoms with Gasteiger partial charge >= 0.3 is 0 Å². The highest BCUT2D eigenvalue weighted by atomic mass is 16.5. The highest BCUT2D eigenvalue weighted by Crippen LogP contribution is 2.47. The summed E-state index contributed by atoms with van der Waals surface area (Å²) in [6.07, 6.45) is 0. The molecule has 22 heavy (non-hydrogen) atoms. The third-order valence-corrected chi connectivity index (χ3v) is 3.95. The molecular formula is C16H14N4O2. The number of carbonyl (C=O) groups excluding carboxylic acids is 1. The Kier molecular flexibility index (Phi) is 3.23. The van der Waals surface area contributed by atoms with Gasteiger partial charge in [-0.3, -0.25) is 4.79 Å². The van der Waals surface area contributed by atoms with Gasteiger partial charge in [0, 0.05) is 23.2 Å². The van der Waals surface area contributed by atoms with E-state index in [1.807, 2.05) is 24.3 Å². The monoisotopic (exact) mass is 294 g/mol. The molecule has 2 aromatic carbocycles. The number of azide groups is 1. The number of hydrogen-bond donors (Lipinski definition) is 0. The molecule has 6 heteroatoms. The fourth-order valence-electron chi connectivity index (χ4n) is 2.89. The quantitative estimate of drug-likeness (QED) is 0.495. The van der Waals surface area contributed by atoms with E-state index >= 15 is 0 Å². The van der Waals surface area contributed by atoms with Gasteiger partial charge in [-0.15, -0.1) is 0 Å². The SMILES string of the molecule is COc1cccc(C2(N=[N+]=[N-])C(=O)N(C)c3ccccc32)c1. The van der Waals surface area contributed by atoms with E-state index in [-0.39, 0.29) is 5.91 Å². The number of carbonyl (C=O) groups is 1. The molecule has 0 aliphatic carbocycles. The number of hydrogen-bond acceptors (Lipinski definition) is 3. The molecule has 0 aromatic heterocycles. The number of para-hydroxylation sites is 1. The van der Waals surface area contributed by atoms with Crippen LogP contribution in [0.25, 0.3) is 10.4 Å².